The van der Waals surface area contributed by atoms with E-state index in [2.05, 4.69) is 31.0 Å². The molecule has 0 amide bonds. The highest BCUT2D eigenvalue weighted by molar-refractivity contribution is 9.10. The summed E-state index contributed by atoms with van der Waals surface area (Å²) >= 11 is 7.73. The molecule has 0 aliphatic carbocycles. The zero-order valence-corrected chi connectivity index (χ0v) is 13.8. The molecule has 0 saturated carbocycles. The highest BCUT2D eigenvalue weighted by Crippen LogP contribution is 2.25. The summed E-state index contributed by atoms with van der Waals surface area (Å²) in [5.41, 5.74) is 5.19. The van der Waals surface area contributed by atoms with Crippen LogP contribution in [0.15, 0.2) is 27.8 Å². The lowest BCUT2D eigenvalue weighted by molar-refractivity contribution is 0.578. The van der Waals surface area contributed by atoms with Gasteiger partial charge in [0.15, 0.2) is 4.60 Å². The molecule has 0 atom stereocenters. The highest BCUT2D eigenvalue weighted by atomic mass is 79.9. The van der Waals surface area contributed by atoms with Gasteiger partial charge in [-0.15, -0.1) is 5.10 Å². The number of sulfonamides is 1. The molecule has 1 aromatic heterocycles. The van der Waals surface area contributed by atoms with Gasteiger partial charge in [-0.25, -0.2) is 9.07 Å². The minimum Gasteiger partial charge on any atom is -0.389 e. The Morgan fingerprint density at radius 2 is 2.19 bits per heavy atom. The Balaban J connectivity index is 2.53. The number of hydrogen-bond acceptors (Lipinski definition) is 5. The maximum atomic E-state index is 13.7. The van der Waals surface area contributed by atoms with Crippen LogP contribution in [0.3, 0.4) is 0 Å². The lowest BCUT2D eigenvalue weighted by Crippen LogP contribution is -2.21. The molecule has 0 spiro atoms. The molecule has 7 nitrogen and oxygen atoms in total. The first-order valence-electron chi connectivity index (χ1n) is 5.40. The van der Waals surface area contributed by atoms with E-state index >= 15 is 0 Å². The molecule has 1 heterocycles. The van der Waals surface area contributed by atoms with Crippen molar-refractivity contribution in [2.75, 3.05) is 4.72 Å². The van der Waals surface area contributed by atoms with Gasteiger partial charge in [-0.05, 0) is 28.1 Å². The third kappa shape index (κ3) is 3.04. The van der Waals surface area contributed by atoms with Gasteiger partial charge in [-0.1, -0.05) is 23.5 Å². The molecule has 0 aliphatic rings. The first-order chi connectivity index (χ1) is 9.74. The number of anilines is 1. The quantitative estimate of drug-likeness (QED) is 0.755. The van der Waals surface area contributed by atoms with Gasteiger partial charge in [0.25, 0.3) is 10.0 Å². The van der Waals surface area contributed by atoms with E-state index in [-0.39, 0.29) is 25.9 Å². The molecule has 0 aliphatic heterocycles. The number of aromatic nitrogens is 3. The molecule has 112 valence electrons. The first kappa shape index (κ1) is 15.8. The second-order valence-corrected chi connectivity index (χ2v) is 6.73. The number of hydrogen-bond donors (Lipinski definition) is 2. The lowest BCUT2D eigenvalue weighted by Gasteiger charge is -2.12. The Morgan fingerprint density at radius 3 is 2.71 bits per heavy atom. The van der Waals surface area contributed by atoms with Crippen molar-refractivity contribution in [2.45, 2.75) is 5.03 Å². The minimum absolute atomic E-state index is 0.0331. The number of nitrogens with one attached hydrogen (secondary N) is 1. The molecule has 2 aromatic rings. The topological polar surface area (TPSA) is 103 Å². The van der Waals surface area contributed by atoms with Crippen LogP contribution in [0, 0.1) is 5.82 Å². The summed E-state index contributed by atoms with van der Waals surface area (Å²) in [7, 11) is -2.64. The van der Waals surface area contributed by atoms with Crippen LogP contribution in [-0.4, -0.2) is 28.4 Å². The number of nitrogens with two attached hydrogens (primary N) is 1. The van der Waals surface area contributed by atoms with Crippen LogP contribution in [0.25, 0.3) is 0 Å². The summed E-state index contributed by atoms with van der Waals surface area (Å²) in [6.45, 7) is 0. The summed E-state index contributed by atoms with van der Waals surface area (Å²) in [5.74, 6) is -0.718. The van der Waals surface area contributed by atoms with Crippen molar-refractivity contribution in [2.24, 2.45) is 12.8 Å². The average molecular weight is 394 g/mol. The van der Waals surface area contributed by atoms with Gasteiger partial charge >= 0.3 is 0 Å². The van der Waals surface area contributed by atoms with E-state index in [1.54, 1.807) is 0 Å². The molecular weight excluding hydrogens is 385 g/mol. The molecule has 2 rings (SSSR count). The second-order valence-electron chi connectivity index (χ2n) is 3.94. The number of aryl methyl sites for hydroxylation is 1. The summed E-state index contributed by atoms with van der Waals surface area (Å²) < 4.78 is 41.7. The monoisotopic (exact) mass is 393 g/mol. The molecule has 1 aromatic carbocycles. The van der Waals surface area contributed by atoms with Crippen molar-refractivity contribution in [3.8, 4) is 0 Å². The minimum atomic E-state index is -4.04. The van der Waals surface area contributed by atoms with Crippen LogP contribution in [0.4, 0.5) is 10.1 Å². The van der Waals surface area contributed by atoms with Crippen molar-refractivity contribution in [3.63, 3.8) is 0 Å². The number of benzene rings is 1. The number of rotatable bonds is 4. The Labute approximate surface area is 133 Å². The molecule has 0 radical (unpaired) electrons. The fourth-order valence-corrected chi connectivity index (χ4v) is 4.04. The van der Waals surface area contributed by atoms with Gasteiger partial charge < -0.3 is 5.73 Å². The van der Waals surface area contributed by atoms with E-state index < -0.39 is 15.8 Å². The summed E-state index contributed by atoms with van der Waals surface area (Å²) in [6.07, 6.45) is 0. The van der Waals surface area contributed by atoms with Gasteiger partial charge in [-0.2, -0.15) is 8.42 Å². The molecule has 11 heteroatoms. The fraction of sp³-hybridized carbons (Fsp3) is 0.100. The smallest absolute Gasteiger partial charge is 0.281 e. The summed E-state index contributed by atoms with van der Waals surface area (Å²) in [6, 6.07) is 3.83. The SMILES string of the molecule is Cn1nnc(Br)c1S(=O)(=O)Nc1cccc(F)c1C(N)=S. The van der Waals surface area contributed by atoms with E-state index in [1.807, 2.05) is 0 Å². The van der Waals surface area contributed by atoms with Crippen LogP contribution in [0.1, 0.15) is 5.56 Å². The third-order valence-corrected chi connectivity index (χ3v) is 4.95. The number of halogens is 2. The van der Waals surface area contributed by atoms with Crippen LogP contribution < -0.4 is 10.5 Å². The highest BCUT2D eigenvalue weighted by Gasteiger charge is 2.25. The second kappa shape index (κ2) is 5.66. The number of nitrogens with zero attached hydrogens (tertiary/aromatic N) is 3. The molecule has 0 unspecified atom stereocenters. The standard InChI is InChI=1S/C10H9BrFN5O2S2/c1-17-10(8(11)14-16-17)21(18,19)15-6-4-2-3-5(12)7(6)9(13)20/h2-4,15H,1H3,(H2,13,20). The van der Waals surface area contributed by atoms with Crippen LogP contribution in [-0.2, 0) is 17.1 Å². The van der Waals surface area contributed by atoms with Crippen LogP contribution in [0.2, 0.25) is 0 Å². The zero-order chi connectivity index (χ0) is 15.8. The lowest BCUT2D eigenvalue weighted by atomic mass is 10.2. The third-order valence-electron chi connectivity index (χ3n) is 2.50. The number of thiocarbonyl (C=S) groups is 1. The van der Waals surface area contributed by atoms with Gasteiger partial charge in [0, 0.05) is 7.05 Å². The van der Waals surface area contributed by atoms with Crippen molar-refractivity contribution >= 4 is 48.8 Å². The van der Waals surface area contributed by atoms with E-state index in [4.69, 9.17) is 18.0 Å². The predicted molar refractivity (Wildman–Crippen MR) is 81.8 cm³/mol. The van der Waals surface area contributed by atoms with Crippen molar-refractivity contribution in [3.05, 3.63) is 34.2 Å². The zero-order valence-electron chi connectivity index (χ0n) is 10.5. The molecule has 0 fully saturated rings. The van der Waals surface area contributed by atoms with Gasteiger partial charge in [0.2, 0.25) is 5.03 Å². The Morgan fingerprint density at radius 1 is 1.52 bits per heavy atom. The van der Waals surface area contributed by atoms with Gasteiger partial charge in [-0.3, -0.25) is 4.72 Å². The molecule has 21 heavy (non-hydrogen) atoms. The average Bonchev–Trinajstić information content (AvgIpc) is 2.68. The Kier molecular flexibility index (Phi) is 4.25. The van der Waals surface area contributed by atoms with E-state index in [9.17, 15) is 12.8 Å². The van der Waals surface area contributed by atoms with Crippen LogP contribution >= 0.6 is 28.1 Å². The van der Waals surface area contributed by atoms with E-state index in [1.165, 1.54) is 19.2 Å². The molecule has 0 bridgehead atoms. The van der Waals surface area contributed by atoms with Crippen molar-refractivity contribution in [1.29, 1.82) is 0 Å². The van der Waals surface area contributed by atoms with E-state index in [0.29, 0.717) is 0 Å². The molecular formula is C10H9BrFN5O2S2. The predicted octanol–water partition coefficient (Wildman–Crippen LogP) is 1.15. The fourth-order valence-electron chi connectivity index (χ4n) is 1.66. The summed E-state index contributed by atoms with van der Waals surface area (Å²) in [5, 5.41) is 6.95. The Bertz CT molecular complexity index is 801. The largest absolute Gasteiger partial charge is 0.389 e. The van der Waals surface area contributed by atoms with Crippen molar-refractivity contribution in [1.82, 2.24) is 15.0 Å². The first-order valence-corrected chi connectivity index (χ1v) is 8.09. The van der Waals surface area contributed by atoms with Gasteiger partial charge in [0.1, 0.15) is 10.8 Å². The Hall–Kier alpha value is -1.59. The van der Waals surface area contributed by atoms with Gasteiger partial charge in [0.05, 0.1) is 11.3 Å². The van der Waals surface area contributed by atoms with Crippen molar-refractivity contribution < 1.29 is 12.8 Å². The maximum Gasteiger partial charge on any atom is 0.281 e. The molecule has 3 N–H and O–H groups in total. The molecule has 0 saturated heterocycles. The van der Waals surface area contributed by atoms with Crippen LogP contribution in [0.5, 0.6) is 0 Å². The normalized spacial score (nSPS) is 11.4. The summed E-state index contributed by atoms with van der Waals surface area (Å²) in [4.78, 5) is -0.256. The maximum absolute atomic E-state index is 13.7. The van der Waals surface area contributed by atoms with E-state index in [0.717, 1.165) is 10.7 Å².